The molecular weight excluding hydrogens is 338 g/mol. The maximum Gasteiger partial charge on any atom is 0.0389 e. The molecule has 0 radical (unpaired) electrons. The van der Waals surface area contributed by atoms with Gasteiger partial charge < -0.3 is 0 Å². The zero-order chi connectivity index (χ0) is 19.9. The van der Waals surface area contributed by atoms with Crippen LogP contribution in [0.4, 0.5) is 0 Å². The van der Waals surface area contributed by atoms with Gasteiger partial charge in [0.1, 0.15) is 0 Å². The largest absolute Gasteiger partial charge is 0.290 e. The van der Waals surface area contributed by atoms with Crippen molar-refractivity contribution in [3.8, 4) is 0 Å². The lowest BCUT2D eigenvalue weighted by Crippen LogP contribution is -1.97. The van der Waals surface area contributed by atoms with Crippen LogP contribution in [0.1, 0.15) is 41.7 Å². The van der Waals surface area contributed by atoms with Crippen molar-refractivity contribution in [3.05, 3.63) is 120 Å². The lowest BCUT2D eigenvalue weighted by Gasteiger charge is -2.09. The van der Waals surface area contributed by atoms with Crippen LogP contribution in [0.2, 0.25) is 0 Å². The summed E-state index contributed by atoms with van der Waals surface area (Å²) in [6.45, 7) is 13.3. The molecule has 0 N–H and O–H groups in total. The smallest absolute Gasteiger partial charge is 0.0389 e. The molecule has 28 heavy (non-hydrogen) atoms. The van der Waals surface area contributed by atoms with Crippen molar-refractivity contribution in [2.75, 3.05) is 6.54 Å². The van der Waals surface area contributed by atoms with Crippen LogP contribution < -0.4 is 0 Å². The van der Waals surface area contributed by atoms with Gasteiger partial charge in [-0.15, -0.1) is 0 Å². The maximum atomic E-state index is 4.45. The summed E-state index contributed by atoms with van der Waals surface area (Å²) in [5.41, 5.74) is 9.09. The summed E-state index contributed by atoms with van der Waals surface area (Å²) in [5.74, 6) is 0. The number of hydrogen-bond donors (Lipinski definition) is 0. The van der Waals surface area contributed by atoms with Crippen LogP contribution in [0.3, 0.4) is 0 Å². The SMILES string of the molecule is C=C(C(C)=NCC)c1ccc(Cc2ccc(C(=C)c3ccccc3)cc2)cc1. The first kappa shape index (κ1) is 19.6. The van der Waals surface area contributed by atoms with Crippen molar-refractivity contribution in [1.29, 1.82) is 0 Å². The van der Waals surface area contributed by atoms with Gasteiger partial charge in [0.25, 0.3) is 0 Å². The first-order chi connectivity index (χ1) is 13.6. The highest BCUT2D eigenvalue weighted by Crippen LogP contribution is 2.23. The molecule has 140 valence electrons. The predicted molar refractivity (Wildman–Crippen MR) is 123 cm³/mol. The van der Waals surface area contributed by atoms with Gasteiger partial charge in [-0.25, -0.2) is 0 Å². The Labute approximate surface area is 168 Å². The van der Waals surface area contributed by atoms with Crippen LogP contribution in [0.15, 0.2) is 97.0 Å². The quantitative estimate of drug-likeness (QED) is 0.407. The van der Waals surface area contributed by atoms with Gasteiger partial charge in [0, 0.05) is 12.3 Å². The molecule has 0 spiro atoms. The molecule has 3 aromatic carbocycles. The molecule has 0 bridgehead atoms. The van der Waals surface area contributed by atoms with Crippen molar-refractivity contribution in [1.82, 2.24) is 0 Å². The van der Waals surface area contributed by atoms with E-state index in [4.69, 9.17) is 0 Å². The average Bonchev–Trinajstić information content (AvgIpc) is 2.74. The van der Waals surface area contributed by atoms with Crippen LogP contribution >= 0.6 is 0 Å². The summed E-state index contributed by atoms with van der Waals surface area (Å²) in [6, 6.07) is 27.6. The first-order valence-electron chi connectivity index (χ1n) is 9.71. The Kier molecular flexibility index (Phi) is 6.39. The Morgan fingerprint density at radius 1 is 0.714 bits per heavy atom. The fraction of sp³-hybridized carbons (Fsp3) is 0.148. The van der Waals surface area contributed by atoms with Gasteiger partial charge in [0.2, 0.25) is 0 Å². The number of allylic oxidation sites excluding steroid dienone is 1. The molecular formula is C27H27N. The number of aliphatic imine (C=N–C) groups is 1. The third kappa shape index (κ3) is 4.75. The van der Waals surface area contributed by atoms with E-state index in [0.717, 1.165) is 46.5 Å². The molecule has 1 heteroatoms. The molecule has 0 atom stereocenters. The minimum atomic E-state index is 0.787. The van der Waals surface area contributed by atoms with Gasteiger partial charge in [-0.3, -0.25) is 4.99 Å². The van der Waals surface area contributed by atoms with Crippen LogP contribution in [0.5, 0.6) is 0 Å². The Balaban J connectivity index is 1.68. The number of benzene rings is 3. The predicted octanol–water partition coefficient (Wildman–Crippen LogP) is 6.83. The Hall–Kier alpha value is -3.19. The molecule has 0 saturated heterocycles. The molecule has 3 aromatic rings. The zero-order valence-corrected chi connectivity index (χ0v) is 16.8. The van der Waals surface area contributed by atoms with Gasteiger partial charge in [0.05, 0.1) is 0 Å². The monoisotopic (exact) mass is 365 g/mol. The summed E-state index contributed by atoms with van der Waals surface area (Å²) in [5, 5.41) is 0. The molecule has 0 saturated carbocycles. The molecule has 1 nitrogen and oxygen atoms in total. The highest BCUT2D eigenvalue weighted by atomic mass is 14.7. The van der Waals surface area contributed by atoms with Crippen molar-refractivity contribution in [2.45, 2.75) is 20.3 Å². The van der Waals surface area contributed by atoms with Crippen molar-refractivity contribution < 1.29 is 0 Å². The van der Waals surface area contributed by atoms with E-state index in [1.54, 1.807) is 0 Å². The molecule has 0 aliphatic heterocycles. The fourth-order valence-electron chi connectivity index (χ4n) is 3.23. The summed E-state index contributed by atoms with van der Waals surface area (Å²) in [7, 11) is 0. The number of rotatable bonds is 7. The second kappa shape index (κ2) is 9.14. The van der Waals surface area contributed by atoms with Gasteiger partial charge in [-0.1, -0.05) is 92.0 Å². The molecule has 0 aliphatic carbocycles. The second-order valence-corrected chi connectivity index (χ2v) is 6.95. The third-order valence-corrected chi connectivity index (χ3v) is 4.97. The summed E-state index contributed by atoms with van der Waals surface area (Å²) in [4.78, 5) is 4.45. The van der Waals surface area contributed by atoms with Crippen LogP contribution in [0.25, 0.3) is 11.1 Å². The summed E-state index contributed by atoms with van der Waals surface area (Å²) >= 11 is 0. The number of nitrogens with zero attached hydrogens (tertiary/aromatic N) is 1. The molecule has 0 fully saturated rings. The molecule has 0 amide bonds. The van der Waals surface area contributed by atoms with Crippen molar-refractivity contribution in [3.63, 3.8) is 0 Å². The van der Waals surface area contributed by atoms with Crippen molar-refractivity contribution in [2.24, 2.45) is 4.99 Å². The van der Waals surface area contributed by atoms with E-state index in [9.17, 15) is 0 Å². The summed E-state index contributed by atoms with van der Waals surface area (Å²) < 4.78 is 0. The van der Waals surface area contributed by atoms with Gasteiger partial charge >= 0.3 is 0 Å². The Morgan fingerprint density at radius 3 is 1.75 bits per heavy atom. The zero-order valence-electron chi connectivity index (χ0n) is 16.8. The maximum absolute atomic E-state index is 4.45. The lowest BCUT2D eigenvalue weighted by atomic mass is 9.96. The van der Waals surface area contributed by atoms with E-state index in [2.05, 4.69) is 78.8 Å². The molecule has 0 heterocycles. The van der Waals surface area contributed by atoms with Crippen molar-refractivity contribution >= 4 is 16.9 Å². The Bertz CT molecular complexity index is 975. The van der Waals surface area contributed by atoms with E-state index >= 15 is 0 Å². The number of hydrogen-bond acceptors (Lipinski definition) is 1. The molecule has 0 unspecified atom stereocenters. The van der Waals surface area contributed by atoms with Crippen LogP contribution in [-0.2, 0) is 6.42 Å². The van der Waals surface area contributed by atoms with Crippen LogP contribution in [-0.4, -0.2) is 12.3 Å². The highest BCUT2D eigenvalue weighted by molar-refractivity contribution is 6.21. The van der Waals surface area contributed by atoms with E-state index < -0.39 is 0 Å². The Morgan fingerprint density at radius 2 is 1.21 bits per heavy atom. The minimum Gasteiger partial charge on any atom is -0.290 e. The average molecular weight is 366 g/mol. The normalized spacial score (nSPS) is 11.3. The van der Waals surface area contributed by atoms with Crippen LogP contribution in [0, 0.1) is 0 Å². The standard InChI is InChI=1S/C27H27N/c1-5-28-22(4)20(2)26-15-11-23(12-16-26)19-24-13-17-27(18-14-24)21(3)25-9-7-6-8-10-25/h6-18H,2-3,5,19H2,1,4H3. The van der Waals surface area contributed by atoms with Gasteiger partial charge in [0.15, 0.2) is 0 Å². The molecule has 0 aromatic heterocycles. The fourth-order valence-corrected chi connectivity index (χ4v) is 3.23. The first-order valence-corrected chi connectivity index (χ1v) is 9.71. The highest BCUT2D eigenvalue weighted by Gasteiger charge is 2.05. The van der Waals surface area contributed by atoms with E-state index in [1.807, 2.05) is 32.0 Å². The molecule has 0 aliphatic rings. The third-order valence-electron chi connectivity index (χ3n) is 4.97. The van der Waals surface area contributed by atoms with E-state index in [0.29, 0.717) is 0 Å². The molecule has 3 rings (SSSR count). The van der Waals surface area contributed by atoms with E-state index in [-0.39, 0.29) is 0 Å². The van der Waals surface area contributed by atoms with Gasteiger partial charge in [-0.05, 0) is 59.2 Å². The lowest BCUT2D eigenvalue weighted by molar-refractivity contribution is 1.13. The minimum absolute atomic E-state index is 0.787. The topological polar surface area (TPSA) is 12.4 Å². The summed E-state index contributed by atoms with van der Waals surface area (Å²) in [6.07, 6.45) is 0.910. The van der Waals surface area contributed by atoms with E-state index in [1.165, 1.54) is 11.1 Å². The second-order valence-electron chi connectivity index (χ2n) is 6.95. The van der Waals surface area contributed by atoms with Gasteiger partial charge in [-0.2, -0.15) is 0 Å².